The van der Waals surface area contributed by atoms with Gasteiger partial charge in [0.2, 0.25) is 11.8 Å². The highest BCUT2D eigenvalue weighted by Crippen LogP contribution is 2.49. The van der Waals surface area contributed by atoms with Gasteiger partial charge in [0.25, 0.3) is 23.6 Å². The molecule has 2 aromatic carbocycles. The number of imide groups is 2. The first-order chi connectivity index (χ1) is 36.5. The maximum atomic E-state index is 14.9. The van der Waals surface area contributed by atoms with E-state index in [2.05, 4.69) is 10.6 Å². The molecule has 6 aliphatic heterocycles. The number of thioether (sulfide) groups is 1. The predicted octanol–water partition coefficient (Wildman–Crippen LogP) is 3.28. The molecule has 6 amide bonds. The molecule has 29 heteroatoms. The zero-order valence-electron chi connectivity index (χ0n) is 41.8. The van der Waals surface area contributed by atoms with Crippen molar-refractivity contribution in [2.75, 3.05) is 81.9 Å². The highest BCUT2D eigenvalue weighted by Gasteiger charge is 2.43. The molecule has 6 heterocycles. The Labute approximate surface area is 447 Å². The van der Waals surface area contributed by atoms with Gasteiger partial charge in [-0.25, -0.2) is 13.2 Å². The molecule has 76 heavy (non-hydrogen) atoms. The van der Waals surface area contributed by atoms with Crippen molar-refractivity contribution in [3.8, 4) is 23.0 Å². The number of nitrogens with one attached hydrogen (secondary N) is 2. The van der Waals surface area contributed by atoms with Crippen LogP contribution < -0.4 is 29.6 Å². The second-order valence-corrected chi connectivity index (χ2v) is 24.8. The van der Waals surface area contributed by atoms with Crippen molar-refractivity contribution in [1.82, 2.24) is 19.8 Å². The minimum absolute atomic E-state index is 0.0526. The number of carbonyl (C=O) groups is 7. The van der Waals surface area contributed by atoms with Gasteiger partial charge in [0.15, 0.2) is 35.5 Å². The van der Waals surface area contributed by atoms with Crippen LogP contribution in [0.15, 0.2) is 24.3 Å². The van der Waals surface area contributed by atoms with E-state index in [1.807, 2.05) is 0 Å². The number of likely N-dealkylation sites (tertiary alicyclic amines) is 1. The summed E-state index contributed by atoms with van der Waals surface area (Å²) >= 11 is -4.48. The van der Waals surface area contributed by atoms with E-state index in [9.17, 15) is 55.7 Å². The van der Waals surface area contributed by atoms with Gasteiger partial charge in [-0.1, -0.05) is 0 Å². The second kappa shape index (κ2) is 25.4. The molecule has 2 N–H and O–H groups in total. The fraction of sp³-hybridized carbons (Fsp3) is 0.596. The van der Waals surface area contributed by atoms with Crippen molar-refractivity contribution >= 4 is 94.4 Å². The Morgan fingerprint density at radius 3 is 1.70 bits per heavy atom. The van der Waals surface area contributed by atoms with Crippen LogP contribution in [0.3, 0.4) is 0 Å². The third-order valence-corrected chi connectivity index (χ3v) is 19.4. The molecule has 0 aliphatic carbocycles. The van der Waals surface area contributed by atoms with Crippen LogP contribution in [0, 0.1) is 0 Å². The van der Waals surface area contributed by atoms with Crippen molar-refractivity contribution in [3.63, 3.8) is 0 Å². The number of nitrogens with zero attached hydrogens (tertiary/aromatic N) is 4. The molecule has 416 valence electrons. The lowest BCUT2D eigenvalue weighted by Gasteiger charge is -2.29. The van der Waals surface area contributed by atoms with Crippen molar-refractivity contribution in [2.24, 2.45) is 0 Å². The number of carbonyl (C=O) groups excluding carboxylic acids is 7. The standard InChI is InChI=1S/C47H61N6O19PS3/c1-66-34-23-28-30(48-43(71-75(62)63)32-9-3-14-50(32)45(28)58)25-36(34)68-17-6-19-73(61,21-8-22-74-38-27-41(56)52(47(38)60)16-5-11-42(57)70-53-39(54)12-13-40(53)55)20-7-18-69-37-26-31-29(24-35(37)67-2)46(59)51-15-4-10-33(51)44(49-31)72-76(64)65/h23-26,32-33,38,43-44,48-49H,3-22,27H2,1-2H3,(H,62,63)(H,64,65)/p-2/t32-,33-,38?,43?,44?,73?/m0/s1. The number of methoxy groups -OCH3 is 2. The van der Waals surface area contributed by atoms with Crippen LogP contribution in [0.1, 0.15) is 97.8 Å². The fourth-order valence-corrected chi connectivity index (χ4v) is 15.2. The summed E-state index contributed by atoms with van der Waals surface area (Å²) in [6.07, 6.45) is 1.75. The maximum absolute atomic E-state index is 14.9. The number of amides is 6. The van der Waals surface area contributed by atoms with Crippen LogP contribution in [-0.4, -0.2) is 180 Å². The number of fused-ring (bicyclic) bond motifs is 4. The average Bonchev–Trinajstić information content (AvgIpc) is 4.18. The van der Waals surface area contributed by atoms with Gasteiger partial charge in [0.05, 0.1) is 97.1 Å². The van der Waals surface area contributed by atoms with Gasteiger partial charge in [0.1, 0.15) is 0 Å². The van der Waals surface area contributed by atoms with Gasteiger partial charge in [0, 0.05) is 75.9 Å². The summed E-state index contributed by atoms with van der Waals surface area (Å²) < 4.78 is 95.4. The smallest absolute Gasteiger partial charge is 0.333 e. The van der Waals surface area contributed by atoms with Gasteiger partial charge < -0.3 is 57.9 Å². The second-order valence-electron chi connectivity index (χ2n) is 18.8. The summed E-state index contributed by atoms with van der Waals surface area (Å²) in [5, 5.41) is 5.87. The van der Waals surface area contributed by atoms with E-state index < -0.39 is 89.3 Å². The largest absolute Gasteiger partial charge is 0.750 e. The highest BCUT2D eigenvalue weighted by atomic mass is 32.2. The van der Waals surface area contributed by atoms with E-state index in [1.54, 1.807) is 21.9 Å². The number of hydrogen-bond acceptors (Lipinski definition) is 22. The molecule has 0 saturated carbocycles. The number of benzene rings is 2. The molecule has 8 rings (SSSR count). The molecule has 25 nitrogen and oxygen atoms in total. The van der Waals surface area contributed by atoms with Gasteiger partial charge in [-0.15, -0.1) is 16.8 Å². The predicted molar refractivity (Wildman–Crippen MR) is 270 cm³/mol. The molecule has 4 fully saturated rings. The zero-order chi connectivity index (χ0) is 54.3. The summed E-state index contributed by atoms with van der Waals surface area (Å²) in [4.78, 5) is 98.5. The lowest BCUT2D eigenvalue weighted by atomic mass is 10.1. The monoisotopic (exact) mass is 1140 g/mol. The highest BCUT2D eigenvalue weighted by molar-refractivity contribution is 8.00. The molecule has 0 spiro atoms. The van der Waals surface area contributed by atoms with Crippen LogP contribution in [0.4, 0.5) is 11.4 Å². The molecule has 7 atom stereocenters. The van der Waals surface area contributed by atoms with Crippen LogP contribution in [0.25, 0.3) is 0 Å². The Morgan fingerprint density at radius 1 is 0.711 bits per heavy atom. The number of hydroxylamine groups is 2. The van der Waals surface area contributed by atoms with Crippen molar-refractivity contribution in [1.29, 1.82) is 0 Å². The van der Waals surface area contributed by atoms with Crippen molar-refractivity contribution in [2.45, 2.75) is 107 Å². The van der Waals surface area contributed by atoms with E-state index in [0.29, 0.717) is 68.9 Å². The first-order valence-corrected chi connectivity index (χ1v) is 30.3. The fourth-order valence-electron chi connectivity index (χ4n) is 10.3. The summed E-state index contributed by atoms with van der Waals surface area (Å²) in [6.45, 7) is 0.920. The molecule has 0 radical (unpaired) electrons. The molecular weight excluding hydrogens is 1080 g/mol. The molecule has 6 aliphatic rings. The molecule has 0 bridgehead atoms. The van der Waals surface area contributed by atoms with E-state index in [-0.39, 0.29) is 128 Å². The van der Waals surface area contributed by atoms with Gasteiger partial charge >= 0.3 is 5.97 Å². The minimum atomic E-state index is -3.04. The van der Waals surface area contributed by atoms with Crippen LogP contribution in [0.5, 0.6) is 23.0 Å². The van der Waals surface area contributed by atoms with E-state index >= 15 is 0 Å². The van der Waals surface area contributed by atoms with Gasteiger partial charge in [-0.05, 0) is 69.3 Å². The summed E-state index contributed by atoms with van der Waals surface area (Å²) in [5.74, 6) is -2.16. The number of anilines is 2. The molecule has 0 aromatic heterocycles. The molecule has 5 unspecified atom stereocenters. The van der Waals surface area contributed by atoms with Crippen LogP contribution >= 0.6 is 18.9 Å². The normalized spacial score (nSPS) is 23.7. The average molecular weight is 1140 g/mol. The molecule has 2 aromatic rings. The Balaban J connectivity index is 0.898. The Kier molecular flexibility index (Phi) is 19.0. The third-order valence-electron chi connectivity index (χ3n) is 14.0. The van der Waals surface area contributed by atoms with E-state index in [0.717, 1.165) is 4.90 Å². The first kappa shape index (κ1) is 56.8. The zero-order valence-corrected chi connectivity index (χ0v) is 45.1. The van der Waals surface area contributed by atoms with E-state index in [4.69, 9.17) is 32.2 Å². The van der Waals surface area contributed by atoms with Gasteiger partial charge in [-0.3, -0.25) is 42.0 Å². The topological polar surface area (TPSA) is 318 Å². The van der Waals surface area contributed by atoms with Crippen molar-refractivity contribution in [3.05, 3.63) is 35.4 Å². The molecule has 4 saturated heterocycles. The SMILES string of the molecule is COc1cc2c(cc1OCCCP(=O)(CCCOc1cc3c(cc1OC)C(=O)N1CCC[C@H]1C(OS(=O)[O-])N3)CCCSC1CC(=O)N(CCCC(=O)ON3C(=O)CCC3=O)C1=O)NC(OS(=O)[O-])[C@@H]1CCCN1C2=O. The number of rotatable bonds is 26. The summed E-state index contributed by atoms with van der Waals surface area (Å²) in [5.41, 5.74) is 1.07. The van der Waals surface area contributed by atoms with Crippen LogP contribution in [-0.2, 0) is 64.5 Å². The lowest BCUT2D eigenvalue weighted by Crippen LogP contribution is -2.45. The Morgan fingerprint density at radius 2 is 1.21 bits per heavy atom. The van der Waals surface area contributed by atoms with Crippen molar-refractivity contribution < 1.29 is 87.8 Å². The minimum Gasteiger partial charge on any atom is -0.750 e. The number of hydrogen-bond donors (Lipinski definition) is 2. The van der Waals surface area contributed by atoms with Gasteiger partial charge in [-0.2, -0.15) is 0 Å². The molecular formula is C47H59N6O19PS3-2. The summed E-state index contributed by atoms with van der Waals surface area (Å²) in [6, 6.07) is 5.07. The Hall–Kier alpha value is -5.35. The summed E-state index contributed by atoms with van der Waals surface area (Å²) in [7, 11) is -0.197. The quantitative estimate of drug-likeness (QED) is 0.0591. The first-order valence-electron chi connectivity index (χ1n) is 24.9. The van der Waals surface area contributed by atoms with E-state index in [1.165, 1.54) is 38.1 Å². The maximum Gasteiger partial charge on any atom is 0.333 e. The Bertz CT molecular complexity index is 2540. The number of ether oxygens (including phenoxy) is 4. The third kappa shape index (κ3) is 13.3. The lowest BCUT2D eigenvalue weighted by molar-refractivity contribution is -0.197. The van der Waals surface area contributed by atoms with Crippen LogP contribution in [0.2, 0.25) is 0 Å².